The highest BCUT2D eigenvalue weighted by Gasteiger charge is 2.50. The Morgan fingerprint density at radius 2 is 1.79 bits per heavy atom. The number of aromatic nitrogens is 2. The number of imidazole rings is 1. The monoisotopic (exact) mass is 379 g/mol. The SMILES string of the molecule is Cc1nc2c(n1-c1ccccc1)CCC1CC(=O)C(C#N)=CC21c1ccccc1. The van der Waals surface area contributed by atoms with E-state index in [0.29, 0.717) is 6.42 Å². The number of carbonyl (C=O) groups is 1. The molecule has 0 radical (unpaired) electrons. The molecular formula is C25H21N3O. The molecule has 2 atom stereocenters. The summed E-state index contributed by atoms with van der Waals surface area (Å²) >= 11 is 0. The fraction of sp³-hybridized carbons (Fsp3) is 0.240. The number of rotatable bonds is 2. The lowest BCUT2D eigenvalue weighted by atomic mass is 9.58. The number of ketones is 1. The maximum atomic E-state index is 12.5. The molecule has 3 aromatic rings. The quantitative estimate of drug-likeness (QED) is 0.661. The molecule has 5 rings (SSSR count). The first-order valence-electron chi connectivity index (χ1n) is 10.0. The van der Waals surface area contributed by atoms with E-state index in [9.17, 15) is 10.1 Å². The van der Waals surface area contributed by atoms with E-state index >= 15 is 0 Å². The van der Waals surface area contributed by atoms with Crippen molar-refractivity contribution in [2.24, 2.45) is 5.92 Å². The molecule has 2 unspecified atom stereocenters. The summed E-state index contributed by atoms with van der Waals surface area (Å²) in [6, 6.07) is 22.6. The van der Waals surface area contributed by atoms with E-state index in [1.54, 1.807) is 0 Å². The van der Waals surface area contributed by atoms with Crippen LogP contribution in [0.2, 0.25) is 0 Å². The van der Waals surface area contributed by atoms with Crippen LogP contribution in [0.3, 0.4) is 0 Å². The summed E-state index contributed by atoms with van der Waals surface area (Å²) in [4.78, 5) is 17.6. The van der Waals surface area contributed by atoms with Gasteiger partial charge in [-0.2, -0.15) is 5.26 Å². The van der Waals surface area contributed by atoms with Crippen molar-refractivity contribution in [1.29, 1.82) is 5.26 Å². The molecule has 0 spiro atoms. The topological polar surface area (TPSA) is 58.7 Å². The first kappa shape index (κ1) is 17.6. The van der Waals surface area contributed by atoms with Crippen LogP contribution in [-0.4, -0.2) is 15.3 Å². The minimum Gasteiger partial charge on any atom is -0.301 e. The lowest BCUT2D eigenvalue weighted by Gasteiger charge is -2.44. The van der Waals surface area contributed by atoms with Crippen molar-refractivity contribution < 1.29 is 4.79 Å². The number of allylic oxidation sites excluding steroid dienone is 2. The van der Waals surface area contributed by atoms with Gasteiger partial charge in [-0.3, -0.25) is 4.79 Å². The maximum absolute atomic E-state index is 12.5. The summed E-state index contributed by atoms with van der Waals surface area (Å²) in [5.41, 5.74) is 4.07. The van der Waals surface area contributed by atoms with Crippen LogP contribution in [0, 0.1) is 24.2 Å². The molecular weight excluding hydrogens is 358 g/mol. The third-order valence-electron chi connectivity index (χ3n) is 6.40. The molecule has 0 N–H and O–H groups in total. The van der Waals surface area contributed by atoms with Crippen molar-refractivity contribution in [3.8, 4) is 11.8 Å². The molecule has 0 saturated heterocycles. The van der Waals surface area contributed by atoms with Crippen LogP contribution >= 0.6 is 0 Å². The molecule has 1 heterocycles. The zero-order valence-corrected chi connectivity index (χ0v) is 16.3. The molecule has 2 aliphatic rings. The zero-order chi connectivity index (χ0) is 20.0. The van der Waals surface area contributed by atoms with E-state index in [1.807, 2.05) is 49.4 Å². The Balaban J connectivity index is 1.83. The van der Waals surface area contributed by atoms with Crippen molar-refractivity contribution in [3.63, 3.8) is 0 Å². The number of hydrogen-bond acceptors (Lipinski definition) is 3. The van der Waals surface area contributed by atoms with Gasteiger partial charge in [0.1, 0.15) is 11.9 Å². The highest BCUT2D eigenvalue weighted by atomic mass is 16.1. The number of benzene rings is 2. The van der Waals surface area contributed by atoms with Crippen molar-refractivity contribution in [2.45, 2.75) is 31.6 Å². The summed E-state index contributed by atoms with van der Waals surface area (Å²) in [5, 5.41) is 9.63. The van der Waals surface area contributed by atoms with Crippen LogP contribution in [0.1, 0.15) is 35.6 Å². The van der Waals surface area contributed by atoms with Gasteiger partial charge < -0.3 is 4.57 Å². The predicted octanol–water partition coefficient (Wildman–Crippen LogP) is 4.45. The summed E-state index contributed by atoms with van der Waals surface area (Å²) < 4.78 is 2.23. The Kier molecular flexibility index (Phi) is 3.99. The first-order valence-corrected chi connectivity index (χ1v) is 10.0. The predicted molar refractivity (Wildman–Crippen MR) is 111 cm³/mol. The van der Waals surface area contributed by atoms with Crippen molar-refractivity contribution >= 4 is 5.78 Å². The number of fused-ring (bicyclic) bond motifs is 3. The lowest BCUT2D eigenvalue weighted by molar-refractivity contribution is -0.117. The molecule has 4 heteroatoms. The van der Waals surface area contributed by atoms with Crippen LogP contribution < -0.4 is 0 Å². The summed E-state index contributed by atoms with van der Waals surface area (Å²) in [6.45, 7) is 2.03. The molecule has 4 nitrogen and oxygen atoms in total. The van der Waals surface area contributed by atoms with Gasteiger partial charge in [0.05, 0.1) is 16.7 Å². The number of nitriles is 1. The van der Waals surface area contributed by atoms with Crippen molar-refractivity contribution in [1.82, 2.24) is 9.55 Å². The van der Waals surface area contributed by atoms with Gasteiger partial charge in [0.2, 0.25) is 0 Å². The molecule has 2 aromatic carbocycles. The fourth-order valence-electron chi connectivity index (χ4n) is 5.15. The minimum atomic E-state index is -0.543. The van der Waals surface area contributed by atoms with E-state index < -0.39 is 5.41 Å². The third-order valence-corrected chi connectivity index (χ3v) is 6.40. The molecule has 2 aliphatic carbocycles. The molecule has 0 saturated carbocycles. The van der Waals surface area contributed by atoms with E-state index in [-0.39, 0.29) is 17.3 Å². The summed E-state index contributed by atoms with van der Waals surface area (Å²) in [6.07, 6.45) is 4.05. The van der Waals surface area contributed by atoms with Crippen LogP contribution in [-0.2, 0) is 16.6 Å². The van der Waals surface area contributed by atoms with E-state index in [2.05, 4.69) is 34.9 Å². The number of carbonyl (C=O) groups excluding carboxylic acids is 1. The number of Topliss-reactive ketones (excluding diaryl/α,β-unsaturated/α-hetero) is 1. The normalized spacial score (nSPS) is 23.0. The second-order valence-electron chi connectivity index (χ2n) is 7.89. The van der Waals surface area contributed by atoms with Crippen molar-refractivity contribution in [2.75, 3.05) is 0 Å². The Bertz CT molecular complexity index is 1170. The number of aryl methyl sites for hydroxylation is 1. The molecule has 0 bridgehead atoms. The largest absolute Gasteiger partial charge is 0.301 e. The van der Waals surface area contributed by atoms with Gasteiger partial charge >= 0.3 is 0 Å². The van der Waals surface area contributed by atoms with Gasteiger partial charge in [-0.05, 0) is 49.5 Å². The van der Waals surface area contributed by atoms with Gasteiger partial charge in [-0.25, -0.2) is 4.98 Å². The van der Waals surface area contributed by atoms with Gasteiger partial charge in [0.25, 0.3) is 0 Å². The Morgan fingerprint density at radius 1 is 1.10 bits per heavy atom. The highest BCUT2D eigenvalue weighted by Crippen LogP contribution is 2.51. The smallest absolute Gasteiger partial charge is 0.173 e. The molecule has 0 aliphatic heterocycles. The molecule has 0 amide bonds. The van der Waals surface area contributed by atoms with Gasteiger partial charge in [0.15, 0.2) is 5.78 Å². The Morgan fingerprint density at radius 3 is 2.48 bits per heavy atom. The fourth-order valence-corrected chi connectivity index (χ4v) is 5.15. The summed E-state index contributed by atoms with van der Waals surface area (Å²) in [7, 11) is 0. The first-order chi connectivity index (χ1) is 14.1. The van der Waals surface area contributed by atoms with Gasteiger partial charge in [-0.15, -0.1) is 0 Å². The number of nitrogens with zero attached hydrogens (tertiary/aromatic N) is 3. The van der Waals surface area contributed by atoms with Crippen molar-refractivity contribution in [3.05, 3.63) is 95.1 Å². The number of hydrogen-bond donors (Lipinski definition) is 0. The van der Waals surface area contributed by atoms with Crippen LogP contribution in [0.25, 0.3) is 5.69 Å². The lowest BCUT2D eigenvalue weighted by Crippen LogP contribution is -2.44. The average Bonchev–Trinajstić information content (AvgIpc) is 3.11. The average molecular weight is 379 g/mol. The third kappa shape index (κ3) is 2.51. The van der Waals surface area contributed by atoms with Gasteiger partial charge in [-0.1, -0.05) is 48.5 Å². The van der Waals surface area contributed by atoms with E-state index in [1.165, 1.54) is 5.69 Å². The summed E-state index contributed by atoms with van der Waals surface area (Å²) in [5.74, 6) is 0.994. The van der Waals surface area contributed by atoms with Gasteiger partial charge in [0, 0.05) is 17.8 Å². The molecule has 142 valence electrons. The Labute approximate surface area is 170 Å². The molecule has 1 aromatic heterocycles. The zero-order valence-electron chi connectivity index (χ0n) is 16.3. The second-order valence-corrected chi connectivity index (χ2v) is 7.89. The van der Waals surface area contributed by atoms with E-state index in [0.717, 1.165) is 35.6 Å². The maximum Gasteiger partial charge on any atom is 0.173 e. The second kappa shape index (κ2) is 6.56. The van der Waals surface area contributed by atoms with Crippen LogP contribution in [0.5, 0.6) is 0 Å². The molecule has 0 fully saturated rings. The number of para-hydroxylation sites is 1. The highest BCUT2D eigenvalue weighted by molar-refractivity contribution is 6.01. The minimum absolute atomic E-state index is 0.0493. The van der Waals surface area contributed by atoms with Crippen LogP contribution in [0.15, 0.2) is 72.3 Å². The standard InChI is InChI=1S/C25H21N3O/c1-17-27-24-22(28(17)21-10-6-3-7-11-21)13-12-20-14-23(29)18(16-26)15-25(20,24)19-8-4-2-5-9-19/h2-11,15,20H,12-14H2,1H3. The Hall–Kier alpha value is -3.45. The van der Waals surface area contributed by atoms with E-state index in [4.69, 9.17) is 4.98 Å². The van der Waals surface area contributed by atoms with Crippen LogP contribution in [0.4, 0.5) is 0 Å². The molecule has 29 heavy (non-hydrogen) atoms.